The van der Waals surface area contributed by atoms with E-state index in [1.165, 1.54) is 52.2 Å². The number of hydrogen-bond donors (Lipinski definition) is 3. The molecule has 0 saturated heterocycles. The highest BCUT2D eigenvalue weighted by molar-refractivity contribution is 7.17. The van der Waals surface area contributed by atoms with Crippen LogP contribution in [-0.2, 0) is 30.5 Å². The van der Waals surface area contributed by atoms with Crippen molar-refractivity contribution in [2.24, 2.45) is 5.73 Å². The van der Waals surface area contributed by atoms with Crippen LogP contribution in [0.3, 0.4) is 0 Å². The average Bonchev–Trinajstić information content (AvgIpc) is 3.27. The van der Waals surface area contributed by atoms with Gasteiger partial charge >= 0.3 is 0 Å². The van der Waals surface area contributed by atoms with Crippen molar-refractivity contribution in [2.75, 3.05) is 5.32 Å². The minimum Gasteiger partial charge on any atom is -0.365 e. The van der Waals surface area contributed by atoms with Crippen LogP contribution >= 0.6 is 11.3 Å². The second kappa shape index (κ2) is 8.28. The third-order valence-corrected chi connectivity index (χ3v) is 7.38. The smallest absolute Gasteiger partial charge is 0.251 e. The zero-order chi connectivity index (χ0) is 20.5. The Kier molecular flexibility index (Phi) is 5.74. The van der Waals surface area contributed by atoms with Gasteiger partial charge in [-0.05, 0) is 81.0 Å². The topological polar surface area (TPSA) is 84.2 Å². The van der Waals surface area contributed by atoms with Crippen molar-refractivity contribution in [3.63, 3.8) is 0 Å². The first kappa shape index (κ1) is 20.1. The Morgan fingerprint density at radius 2 is 1.79 bits per heavy atom. The number of hydrogen-bond acceptors (Lipinski definition) is 4. The third kappa shape index (κ3) is 4.09. The molecule has 2 aliphatic carbocycles. The molecule has 0 bridgehead atoms. The van der Waals surface area contributed by atoms with Crippen LogP contribution in [-0.4, -0.2) is 17.9 Å². The summed E-state index contributed by atoms with van der Waals surface area (Å²) in [5.74, 6) is -0.597. The van der Waals surface area contributed by atoms with E-state index in [0.717, 1.165) is 31.2 Å². The Hall–Kier alpha value is -2.18. The van der Waals surface area contributed by atoms with Crippen molar-refractivity contribution in [1.29, 1.82) is 0 Å². The molecular formula is C23H29N3O2S. The van der Waals surface area contributed by atoms with Crippen molar-refractivity contribution in [1.82, 2.24) is 5.32 Å². The van der Waals surface area contributed by atoms with Gasteiger partial charge in [-0.3, -0.25) is 14.9 Å². The summed E-state index contributed by atoms with van der Waals surface area (Å²) in [5.41, 5.74) is 11.2. The zero-order valence-corrected chi connectivity index (χ0v) is 18.0. The van der Waals surface area contributed by atoms with E-state index < -0.39 is 11.9 Å². The summed E-state index contributed by atoms with van der Waals surface area (Å²) in [4.78, 5) is 25.9. The number of thiophene rings is 1. The van der Waals surface area contributed by atoms with Crippen molar-refractivity contribution >= 4 is 28.2 Å². The summed E-state index contributed by atoms with van der Waals surface area (Å²) >= 11 is 1.49. The first-order valence-corrected chi connectivity index (χ1v) is 11.4. The van der Waals surface area contributed by atoms with E-state index in [1.807, 2.05) is 6.92 Å². The van der Waals surface area contributed by atoms with E-state index in [9.17, 15) is 9.59 Å². The molecule has 0 spiro atoms. The number of benzene rings is 1. The zero-order valence-electron chi connectivity index (χ0n) is 17.1. The number of nitrogens with one attached hydrogen (secondary N) is 2. The Morgan fingerprint density at radius 3 is 2.55 bits per heavy atom. The van der Waals surface area contributed by atoms with Gasteiger partial charge in [0.15, 0.2) is 0 Å². The third-order valence-electron chi connectivity index (χ3n) is 6.17. The first-order valence-electron chi connectivity index (χ1n) is 10.6. The molecule has 4 rings (SSSR count). The van der Waals surface area contributed by atoms with E-state index in [1.54, 1.807) is 0 Å². The lowest BCUT2D eigenvalue weighted by Gasteiger charge is -2.22. The second-order valence-electron chi connectivity index (χ2n) is 8.26. The first-order chi connectivity index (χ1) is 13.9. The van der Waals surface area contributed by atoms with Crippen LogP contribution in [0.25, 0.3) is 0 Å². The Labute approximate surface area is 176 Å². The lowest BCUT2D eigenvalue weighted by atomic mass is 9.89. The van der Waals surface area contributed by atoms with Crippen LogP contribution < -0.4 is 16.4 Å². The molecule has 5 nitrogen and oxygen atoms in total. The largest absolute Gasteiger partial charge is 0.365 e. The maximum Gasteiger partial charge on any atom is 0.251 e. The number of fused-ring (bicyclic) bond motifs is 2. The number of carbonyl (C=O) groups is 2. The van der Waals surface area contributed by atoms with Crippen molar-refractivity contribution < 1.29 is 9.59 Å². The number of anilines is 1. The molecule has 29 heavy (non-hydrogen) atoms. The number of amides is 2. The van der Waals surface area contributed by atoms with E-state index in [-0.39, 0.29) is 11.9 Å². The summed E-state index contributed by atoms with van der Waals surface area (Å²) < 4.78 is 0. The van der Waals surface area contributed by atoms with Crippen LogP contribution in [0.15, 0.2) is 18.2 Å². The van der Waals surface area contributed by atoms with E-state index >= 15 is 0 Å². The highest BCUT2D eigenvalue weighted by Gasteiger charge is 2.27. The maximum atomic E-state index is 12.8. The minimum absolute atomic E-state index is 0.0620. The van der Waals surface area contributed by atoms with Crippen LogP contribution in [0.1, 0.15) is 76.6 Å². The summed E-state index contributed by atoms with van der Waals surface area (Å²) in [5, 5.41) is 6.94. The lowest BCUT2D eigenvalue weighted by Crippen LogP contribution is -2.39. The molecule has 154 valence electrons. The molecule has 2 atom stereocenters. The van der Waals surface area contributed by atoms with E-state index in [2.05, 4.69) is 35.8 Å². The molecule has 6 heteroatoms. The van der Waals surface area contributed by atoms with Gasteiger partial charge in [0.2, 0.25) is 5.91 Å². The Balaban J connectivity index is 1.43. The van der Waals surface area contributed by atoms with Crippen LogP contribution in [0.5, 0.6) is 0 Å². The summed E-state index contributed by atoms with van der Waals surface area (Å²) in [7, 11) is 0. The van der Waals surface area contributed by atoms with Crippen molar-refractivity contribution in [3.8, 4) is 0 Å². The quantitative estimate of drug-likeness (QED) is 0.674. The van der Waals surface area contributed by atoms with Gasteiger partial charge < -0.3 is 11.1 Å². The highest BCUT2D eigenvalue weighted by atomic mass is 32.1. The van der Waals surface area contributed by atoms with Gasteiger partial charge in [-0.1, -0.05) is 18.2 Å². The number of carbonyl (C=O) groups excluding carboxylic acids is 2. The average molecular weight is 412 g/mol. The molecule has 0 aliphatic heterocycles. The summed E-state index contributed by atoms with van der Waals surface area (Å²) in [6.07, 6.45) is 7.71. The highest BCUT2D eigenvalue weighted by Crippen LogP contribution is 2.38. The van der Waals surface area contributed by atoms with Gasteiger partial charge in [-0.25, -0.2) is 0 Å². The normalized spacial score (nSPS) is 17.3. The lowest BCUT2D eigenvalue weighted by molar-refractivity contribution is -0.117. The van der Waals surface area contributed by atoms with Gasteiger partial charge in [0.1, 0.15) is 5.00 Å². The maximum absolute atomic E-state index is 12.8. The van der Waals surface area contributed by atoms with Gasteiger partial charge in [0, 0.05) is 10.9 Å². The van der Waals surface area contributed by atoms with Crippen molar-refractivity contribution in [2.45, 2.75) is 70.9 Å². The fourth-order valence-electron chi connectivity index (χ4n) is 4.54. The summed E-state index contributed by atoms with van der Waals surface area (Å²) in [6.45, 7) is 3.94. The Bertz CT molecular complexity index is 950. The fraction of sp³-hybridized carbons (Fsp3) is 0.478. The molecular weight excluding hydrogens is 382 g/mol. The molecule has 1 aromatic carbocycles. The monoisotopic (exact) mass is 411 g/mol. The second-order valence-corrected chi connectivity index (χ2v) is 9.37. The fourth-order valence-corrected chi connectivity index (χ4v) is 5.84. The van der Waals surface area contributed by atoms with Crippen LogP contribution in [0.4, 0.5) is 5.00 Å². The van der Waals surface area contributed by atoms with Gasteiger partial charge in [0.05, 0.1) is 11.6 Å². The summed E-state index contributed by atoms with van der Waals surface area (Å²) in [6, 6.07) is 6.36. The number of nitrogens with two attached hydrogens (primary N) is 1. The molecule has 0 fully saturated rings. The van der Waals surface area contributed by atoms with Gasteiger partial charge in [-0.2, -0.15) is 0 Å². The van der Waals surface area contributed by atoms with Crippen LogP contribution in [0, 0.1) is 0 Å². The van der Waals surface area contributed by atoms with Crippen molar-refractivity contribution in [3.05, 3.63) is 50.9 Å². The molecule has 0 saturated carbocycles. The molecule has 0 unspecified atom stereocenters. The Morgan fingerprint density at radius 1 is 1.03 bits per heavy atom. The number of primary amides is 1. The predicted molar refractivity (Wildman–Crippen MR) is 118 cm³/mol. The van der Waals surface area contributed by atoms with Gasteiger partial charge in [-0.15, -0.1) is 11.3 Å². The molecule has 0 radical (unpaired) electrons. The van der Waals surface area contributed by atoms with Gasteiger partial charge in [0.25, 0.3) is 5.91 Å². The van der Waals surface area contributed by atoms with E-state index in [4.69, 9.17) is 5.73 Å². The SMILES string of the molecule is C[C@H](N[C@@H](C)c1ccc2c(c1)CCCC2)C(=O)Nc1sc2c(c1C(N)=O)CCC2. The standard InChI is InChI=1S/C23H29N3O2S/c1-13(16-11-10-15-6-3-4-7-17(15)12-16)25-14(2)22(28)26-23-20(21(24)27)18-8-5-9-19(18)29-23/h10-14,25H,3-9H2,1-2H3,(H2,24,27)(H,26,28)/t13-,14-/m0/s1. The molecule has 1 aromatic heterocycles. The number of rotatable bonds is 6. The molecule has 2 aromatic rings. The number of aryl methyl sites for hydroxylation is 3. The molecule has 1 heterocycles. The van der Waals surface area contributed by atoms with E-state index in [0.29, 0.717) is 10.6 Å². The molecule has 4 N–H and O–H groups in total. The predicted octanol–water partition coefficient (Wildman–Crippen LogP) is 3.89. The molecule has 2 aliphatic rings. The van der Waals surface area contributed by atoms with Crippen LogP contribution in [0.2, 0.25) is 0 Å². The molecule has 2 amide bonds. The minimum atomic E-state index is -0.456.